The number of halogens is 1. The molecule has 4 N–H and O–H groups in total. The van der Waals surface area contributed by atoms with Gasteiger partial charge in [-0.05, 0) is 55.8 Å². The van der Waals surface area contributed by atoms with Gasteiger partial charge in [-0.25, -0.2) is 14.0 Å². The van der Waals surface area contributed by atoms with E-state index in [9.17, 15) is 18.8 Å². The molecule has 168 valence electrons. The smallest absolute Gasteiger partial charge is 0.344 e. The van der Waals surface area contributed by atoms with Crippen LogP contribution in [0.15, 0.2) is 53.7 Å². The zero-order chi connectivity index (χ0) is 23.4. The number of carboxylic acids is 1. The SMILES string of the molecule is COc1cc([C@H]2NC(=O)NC(C)=C2C(=O)Nc2ccc(F)cc2)ccc1O[C@@H](C)C(=O)O. The second-order valence-electron chi connectivity index (χ2n) is 7.04. The van der Waals surface area contributed by atoms with Crippen LogP contribution < -0.4 is 25.4 Å². The molecule has 2 aromatic carbocycles. The molecule has 1 aliphatic rings. The summed E-state index contributed by atoms with van der Waals surface area (Å²) in [6.07, 6.45) is -1.10. The first-order valence-corrected chi connectivity index (χ1v) is 9.62. The highest BCUT2D eigenvalue weighted by Crippen LogP contribution is 2.35. The maximum Gasteiger partial charge on any atom is 0.344 e. The van der Waals surface area contributed by atoms with E-state index in [-0.39, 0.29) is 17.1 Å². The van der Waals surface area contributed by atoms with Crippen molar-refractivity contribution in [3.05, 3.63) is 65.1 Å². The number of carbonyl (C=O) groups is 3. The first kappa shape index (κ1) is 22.6. The molecule has 0 fully saturated rings. The van der Waals surface area contributed by atoms with Gasteiger partial charge in [0.15, 0.2) is 17.6 Å². The summed E-state index contributed by atoms with van der Waals surface area (Å²) in [6, 6.07) is 8.62. The maximum atomic E-state index is 13.2. The molecule has 0 saturated carbocycles. The molecule has 0 spiro atoms. The van der Waals surface area contributed by atoms with Crippen LogP contribution in [0.1, 0.15) is 25.5 Å². The summed E-state index contributed by atoms with van der Waals surface area (Å²) in [4.78, 5) is 36.2. The van der Waals surface area contributed by atoms with Gasteiger partial charge in [0.1, 0.15) is 5.82 Å². The first-order chi connectivity index (χ1) is 15.2. The average Bonchev–Trinajstić information content (AvgIpc) is 2.74. The fourth-order valence-electron chi connectivity index (χ4n) is 3.18. The fraction of sp³-hybridized carbons (Fsp3) is 0.227. The average molecular weight is 443 g/mol. The van der Waals surface area contributed by atoms with Gasteiger partial charge in [0.05, 0.1) is 18.7 Å². The summed E-state index contributed by atoms with van der Waals surface area (Å²) in [6.45, 7) is 2.97. The molecule has 0 saturated heterocycles. The quantitative estimate of drug-likeness (QED) is 0.521. The highest BCUT2D eigenvalue weighted by molar-refractivity contribution is 6.06. The molecule has 0 aliphatic carbocycles. The van der Waals surface area contributed by atoms with E-state index in [4.69, 9.17) is 14.6 Å². The van der Waals surface area contributed by atoms with Crippen molar-refractivity contribution >= 4 is 23.6 Å². The molecular formula is C22H22FN3O6. The van der Waals surface area contributed by atoms with E-state index >= 15 is 0 Å². The number of hydrogen-bond acceptors (Lipinski definition) is 5. The number of urea groups is 1. The Balaban J connectivity index is 1.93. The van der Waals surface area contributed by atoms with Crippen LogP contribution in [-0.4, -0.2) is 36.2 Å². The van der Waals surface area contributed by atoms with E-state index in [1.54, 1.807) is 19.1 Å². The van der Waals surface area contributed by atoms with Gasteiger partial charge in [-0.2, -0.15) is 0 Å². The van der Waals surface area contributed by atoms with E-state index < -0.39 is 35.9 Å². The summed E-state index contributed by atoms with van der Waals surface area (Å²) in [5.74, 6) is -1.64. The van der Waals surface area contributed by atoms with Gasteiger partial charge in [0, 0.05) is 11.4 Å². The Kier molecular flexibility index (Phi) is 6.62. The molecule has 1 aliphatic heterocycles. The van der Waals surface area contributed by atoms with Gasteiger partial charge in [-0.15, -0.1) is 0 Å². The second kappa shape index (κ2) is 9.38. The number of amides is 3. The van der Waals surface area contributed by atoms with Crippen molar-refractivity contribution in [1.29, 1.82) is 0 Å². The van der Waals surface area contributed by atoms with Crippen molar-refractivity contribution in [3.63, 3.8) is 0 Å². The Labute approximate surface area is 183 Å². The largest absolute Gasteiger partial charge is 0.493 e. The number of nitrogens with one attached hydrogen (secondary N) is 3. The highest BCUT2D eigenvalue weighted by Gasteiger charge is 2.32. The van der Waals surface area contributed by atoms with Crippen molar-refractivity contribution in [2.45, 2.75) is 26.0 Å². The fourth-order valence-corrected chi connectivity index (χ4v) is 3.18. The van der Waals surface area contributed by atoms with E-state index in [0.717, 1.165) is 0 Å². The monoisotopic (exact) mass is 443 g/mol. The third-order valence-corrected chi connectivity index (χ3v) is 4.79. The summed E-state index contributed by atoms with van der Waals surface area (Å²) >= 11 is 0. The number of hydrogen-bond donors (Lipinski definition) is 4. The van der Waals surface area contributed by atoms with Crippen molar-refractivity contribution in [1.82, 2.24) is 10.6 Å². The lowest BCUT2D eigenvalue weighted by atomic mass is 9.94. The number of benzene rings is 2. The number of rotatable bonds is 7. The van der Waals surface area contributed by atoms with Gasteiger partial charge >= 0.3 is 12.0 Å². The minimum atomic E-state index is -1.14. The molecule has 0 unspecified atom stereocenters. The van der Waals surface area contributed by atoms with Crippen LogP contribution in [0, 0.1) is 5.82 Å². The van der Waals surface area contributed by atoms with E-state index in [2.05, 4.69) is 16.0 Å². The molecule has 0 aromatic heterocycles. The summed E-state index contributed by atoms with van der Waals surface area (Å²) in [7, 11) is 1.39. The summed E-state index contributed by atoms with van der Waals surface area (Å²) < 4.78 is 23.9. The van der Waals surface area contributed by atoms with Gasteiger partial charge < -0.3 is 30.5 Å². The minimum Gasteiger partial charge on any atom is -0.493 e. The molecule has 1 heterocycles. The third kappa shape index (κ3) is 4.97. The van der Waals surface area contributed by atoms with Gasteiger partial charge in [0.25, 0.3) is 5.91 Å². The topological polar surface area (TPSA) is 126 Å². The van der Waals surface area contributed by atoms with Crippen LogP contribution in [0.2, 0.25) is 0 Å². The molecule has 0 bridgehead atoms. The maximum absolute atomic E-state index is 13.2. The Morgan fingerprint density at radius 1 is 1.16 bits per heavy atom. The van der Waals surface area contributed by atoms with Crippen molar-refractivity contribution in [3.8, 4) is 11.5 Å². The molecule has 3 rings (SSSR count). The van der Waals surface area contributed by atoms with Crippen LogP contribution in [0.3, 0.4) is 0 Å². The number of ether oxygens (including phenoxy) is 2. The normalized spacial score (nSPS) is 16.5. The highest BCUT2D eigenvalue weighted by atomic mass is 19.1. The van der Waals surface area contributed by atoms with Crippen LogP contribution in [0.4, 0.5) is 14.9 Å². The number of carboxylic acid groups (broad SMARTS) is 1. The summed E-state index contributed by atoms with van der Waals surface area (Å²) in [5.41, 5.74) is 1.48. The Morgan fingerprint density at radius 2 is 1.84 bits per heavy atom. The predicted octanol–water partition coefficient (Wildman–Crippen LogP) is 2.95. The van der Waals surface area contributed by atoms with Crippen LogP contribution in [0.5, 0.6) is 11.5 Å². The molecule has 2 atom stereocenters. The Bertz CT molecular complexity index is 1080. The first-order valence-electron chi connectivity index (χ1n) is 9.62. The number of anilines is 1. The molecule has 3 amide bonds. The zero-order valence-corrected chi connectivity index (χ0v) is 17.6. The molecule has 9 nitrogen and oxygen atoms in total. The number of allylic oxidation sites excluding steroid dienone is 1. The van der Waals surface area contributed by atoms with Gasteiger partial charge in [-0.1, -0.05) is 6.07 Å². The lowest BCUT2D eigenvalue weighted by molar-refractivity contribution is -0.144. The zero-order valence-electron chi connectivity index (χ0n) is 17.6. The molecular weight excluding hydrogens is 421 g/mol. The number of aliphatic carboxylic acids is 1. The molecule has 32 heavy (non-hydrogen) atoms. The van der Waals surface area contributed by atoms with Crippen molar-refractivity contribution in [2.75, 3.05) is 12.4 Å². The molecule has 2 aromatic rings. The molecule has 0 radical (unpaired) electrons. The predicted molar refractivity (Wildman–Crippen MR) is 113 cm³/mol. The van der Waals surface area contributed by atoms with E-state index in [0.29, 0.717) is 16.9 Å². The summed E-state index contributed by atoms with van der Waals surface area (Å²) in [5, 5.41) is 17.0. The van der Waals surface area contributed by atoms with Crippen molar-refractivity contribution < 1.29 is 33.4 Å². The standard InChI is InChI=1S/C22H22FN3O6/c1-11-18(20(27)25-15-7-5-14(23)6-8-15)19(26-22(30)24-11)13-4-9-16(17(10-13)31-3)32-12(2)21(28)29/h4-10,12,19H,1-3H3,(H,25,27)(H,28,29)(H2,24,26,30)/t12-,19+/m0/s1. The van der Waals surface area contributed by atoms with Crippen LogP contribution >= 0.6 is 0 Å². The number of methoxy groups -OCH3 is 1. The lowest BCUT2D eigenvalue weighted by Crippen LogP contribution is -2.46. The lowest BCUT2D eigenvalue weighted by Gasteiger charge is -2.29. The van der Waals surface area contributed by atoms with Crippen molar-refractivity contribution in [2.24, 2.45) is 0 Å². The van der Waals surface area contributed by atoms with Gasteiger partial charge in [0.2, 0.25) is 0 Å². The second-order valence-corrected chi connectivity index (χ2v) is 7.04. The van der Waals surface area contributed by atoms with Gasteiger partial charge in [-0.3, -0.25) is 4.79 Å². The minimum absolute atomic E-state index is 0.199. The van der Waals surface area contributed by atoms with Crippen LogP contribution in [-0.2, 0) is 9.59 Å². The van der Waals surface area contributed by atoms with E-state index in [1.165, 1.54) is 44.4 Å². The van der Waals surface area contributed by atoms with Crippen LogP contribution in [0.25, 0.3) is 0 Å². The van der Waals surface area contributed by atoms with E-state index in [1.807, 2.05) is 0 Å². The number of carbonyl (C=O) groups excluding carboxylic acids is 2. The molecule has 10 heteroatoms. The third-order valence-electron chi connectivity index (χ3n) is 4.79. The Morgan fingerprint density at radius 3 is 2.47 bits per heavy atom. The Hall–Kier alpha value is -4.08.